The molecule has 7 nitrogen and oxygen atoms in total. The smallest absolute Gasteiger partial charge is 0.255 e. The van der Waals surface area contributed by atoms with E-state index >= 15 is 0 Å². The highest BCUT2D eigenvalue weighted by Crippen LogP contribution is 2.28. The third kappa shape index (κ3) is 6.07. The van der Waals surface area contributed by atoms with Gasteiger partial charge < -0.3 is 25.3 Å². The Kier molecular flexibility index (Phi) is 7.25. The summed E-state index contributed by atoms with van der Waals surface area (Å²) >= 11 is 0. The number of carbonyl (C=O) groups is 2. The quantitative estimate of drug-likeness (QED) is 0.661. The van der Waals surface area contributed by atoms with Gasteiger partial charge in [-0.15, -0.1) is 0 Å². The van der Waals surface area contributed by atoms with Gasteiger partial charge in [0.05, 0.1) is 19.4 Å². The molecule has 142 valence electrons. The molecule has 2 aromatic rings. The highest BCUT2D eigenvalue weighted by Gasteiger charge is 2.07. The predicted molar refractivity (Wildman–Crippen MR) is 103 cm³/mol. The summed E-state index contributed by atoms with van der Waals surface area (Å²) in [6, 6.07) is 12.3. The van der Waals surface area contributed by atoms with Crippen LogP contribution in [0.15, 0.2) is 48.5 Å². The topological polar surface area (TPSA) is 99.9 Å². The molecule has 27 heavy (non-hydrogen) atoms. The number of carbonyl (C=O) groups excluding carboxylic acids is 2. The molecule has 0 aliphatic rings. The first-order chi connectivity index (χ1) is 13.0. The van der Waals surface area contributed by atoms with Crippen molar-refractivity contribution in [2.45, 2.75) is 6.92 Å². The molecule has 0 heterocycles. The molecule has 0 fully saturated rings. The van der Waals surface area contributed by atoms with Gasteiger partial charge >= 0.3 is 0 Å². The van der Waals surface area contributed by atoms with Crippen LogP contribution in [0.4, 0.5) is 5.69 Å². The molecule has 2 aromatic carbocycles. The van der Waals surface area contributed by atoms with Crippen LogP contribution in [0.2, 0.25) is 0 Å². The zero-order valence-corrected chi connectivity index (χ0v) is 15.2. The zero-order chi connectivity index (χ0) is 19.6. The second-order valence-electron chi connectivity index (χ2n) is 5.42. The fourth-order valence-corrected chi connectivity index (χ4v) is 2.25. The van der Waals surface area contributed by atoms with Gasteiger partial charge in [-0.05, 0) is 42.8 Å². The second-order valence-corrected chi connectivity index (χ2v) is 5.42. The van der Waals surface area contributed by atoms with E-state index in [-0.39, 0.29) is 12.5 Å². The van der Waals surface area contributed by atoms with Gasteiger partial charge in [-0.2, -0.15) is 0 Å². The summed E-state index contributed by atoms with van der Waals surface area (Å²) in [7, 11) is 1.48. The van der Waals surface area contributed by atoms with Crippen LogP contribution in [0.5, 0.6) is 17.2 Å². The summed E-state index contributed by atoms with van der Waals surface area (Å²) in [5.74, 6) is 0.559. The predicted octanol–water partition coefficient (Wildman–Crippen LogP) is 2.61. The van der Waals surface area contributed by atoms with E-state index in [1.807, 2.05) is 19.1 Å². The molecule has 0 radical (unpaired) electrons. The molecule has 0 saturated heterocycles. The van der Waals surface area contributed by atoms with Crippen molar-refractivity contribution in [3.05, 3.63) is 54.1 Å². The third-order valence-corrected chi connectivity index (χ3v) is 3.43. The molecule has 0 spiro atoms. The van der Waals surface area contributed by atoms with Crippen LogP contribution < -0.4 is 25.3 Å². The summed E-state index contributed by atoms with van der Waals surface area (Å²) in [6.07, 6.45) is 3.04. The summed E-state index contributed by atoms with van der Waals surface area (Å²) in [5.41, 5.74) is 6.39. The maximum atomic E-state index is 12.2. The number of anilines is 1. The average molecular weight is 370 g/mol. The largest absolute Gasteiger partial charge is 0.493 e. The molecule has 0 bridgehead atoms. The molecule has 7 heteroatoms. The van der Waals surface area contributed by atoms with Crippen molar-refractivity contribution in [2.75, 3.05) is 25.6 Å². The lowest BCUT2D eigenvalue weighted by atomic mass is 10.2. The molecule has 2 amide bonds. The van der Waals surface area contributed by atoms with Crippen LogP contribution in [0.3, 0.4) is 0 Å². The van der Waals surface area contributed by atoms with Crippen molar-refractivity contribution in [2.24, 2.45) is 5.73 Å². The molecule has 0 saturated carbocycles. The number of amides is 2. The van der Waals surface area contributed by atoms with Gasteiger partial charge in [-0.25, -0.2) is 0 Å². The number of rotatable bonds is 9. The number of primary amides is 1. The van der Waals surface area contributed by atoms with Crippen molar-refractivity contribution in [1.82, 2.24) is 0 Å². The van der Waals surface area contributed by atoms with Crippen molar-refractivity contribution in [1.29, 1.82) is 0 Å². The average Bonchev–Trinajstić information content (AvgIpc) is 2.66. The van der Waals surface area contributed by atoms with Crippen LogP contribution in [-0.2, 0) is 9.59 Å². The maximum absolute atomic E-state index is 12.2. The van der Waals surface area contributed by atoms with Gasteiger partial charge in [0.15, 0.2) is 18.1 Å². The van der Waals surface area contributed by atoms with Gasteiger partial charge in [0.1, 0.15) is 5.75 Å². The van der Waals surface area contributed by atoms with E-state index in [0.29, 0.717) is 29.5 Å². The van der Waals surface area contributed by atoms with Crippen LogP contribution in [0, 0.1) is 0 Å². The number of hydrogen-bond donors (Lipinski definition) is 2. The Morgan fingerprint density at radius 3 is 2.56 bits per heavy atom. The fourth-order valence-electron chi connectivity index (χ4n) is 2.25. The number of nitrogens with one attached hydrogen (secondary N) is 1. The summed E-state index contributed by atoms with van der Waals surface area (Å²) in [6.45, 7) is 2.14. The third-order valence-electron chi connectivity index (χ3n) is 3.43. The van der Waals surface area contributed by atoms with E-state index in [0.717, 1.165) is 5.56 Å². The Morgan fingerprint density at radius 1 is 1.07 bits per heavy atom. The van der Waals surface area contributed by atoms with Crippen molar-refractivity contribution in [3.8, 4) is 17.2 Å². The van der Waals surface area contributed by atoms with E-state index < -0.39 is 5.91 Å². The lowest BCUT2D eigenvalue weighted by Gasteiger charge is -2.10. The molecule has 0 aliphatic heterocycles. The first-order valence-corrected chi connectivity index (χ1v) is 8.33. The Balaban J connectivity index is 2.06. The standard InChI is InChI=1S/C20H22N2O5/c1-3-26-16-7-5-4-6-15(16)22-20(24)11-9-14-8-10-17(18(12-14)25-2)27-13-19(21)23/h4-12H,3,13H2,1-2H3,(H2,21,23)(H,22,24)/b11-9+. The van der Waals surface area contributed by atoms with Crippen LogP contribution in [-0.4, -0.2) is 32.1 Å². The SMILES string of the molecule is CCOc1ccccc1NC(=O)/C=C/c1ccc(OCC(N)=O)c(OC)c1. The van der Waals surface area contributed by atoms with Crippen molar-refractivity contribution < 1.29 is 23.8 Å². The minimum Gasteiger partial charge on any atom is -0.493 e. The van der Waals surface area contributed by atoms with E-state index in [9.17, 15) is 9.59 Å². The summed E-state index contributed by atoms with van der Waals surface area (Å²) < 4.78 is 16.0. The van der Waals surface area contributed by atoms with E-state index in [1.54, 1.807) is 36.4 Å². The Hall–Kier alpha value is -3.48. The zero-order valence-electron chi connectivity index (χ0n) is 15.2. The molecule has 0 aliphatic carbocycles. The first kappa shape index (κ1) is 19.8. The van der Waals surface area contributed by atoms with Crippen LogP contribution in [0.1, 0.15) is 12.5 Å². The Morgan fingerprint density at radius 2 is 1.85 bits per heavy atom. The molecule has 0 atom stereocenters. The lowest BCUT2D eigenvalue weighted by Crippen LogP contribution is -2.20. The Bertz CT molecular complexity index is 833. The van der Waals surface area contributed by atoms with Gasteiger partial charge in [-0.1, -0.05) is 18.2 Å². The van der Waals surface area contributed by atoms with E-state index in [1.165, 1.54) is 13.2 Å². The molecular weight excluding hydrogens is 348 g/mol. The molecule has 0 aromatic heterocycles. The van der Waals surface area contributed by atoms with Crippen LogP contribution in [0.25, 0.3) is 6.08 Å². The number of ether oxygens (including phenoxy) is 3. The number of benzene rings is 2. The Labute approximate surface area is 157 Å². The number of nitrogens with two attached hydrogens (primary N) is 1. The monoisotopic (exact) mass is 370 g/mol. The minimum absolute atomic E-state index is 0.243. The van der Waals surface area contributed by atoms with Crippen molar-refractivity contribution >= 4 is 23.6 Å². The number of hydrogen-bond acceptors (Lipinski definition) is 5. The van der Waals surface area contributed by atoms with Gasteiger partial charge in [0.2, 0.25) is 5.91 Å². The van der Waals surface area contributed by atoms with E-state index in [2.05, 4.69) is 5.32 Å². The summed E-state index contributed by atoms with van der Waals surface area (Å²) in [5, 5.41) is 2.78. The highest BCUT2D eigenvalue weighted by atomic mass is 16.5. The molecule has 3 N–H and O–H groups in total. The first-order valence-electron chi connectivity index (χ1n) is 8.33. The van der Waals surface area contributed by atoms with Gasteiger partial charge in [0.25, 0.3) is 5.91 Å². The maximum Gasteiger partial charge on any atom is 0.255 e. The molecular formula is C20H22N2O5. The number of methoxy groups -OCH3 is 1. The summed E-state index contributed by atoms with van der Waals surface area (Å²) in [4.78, 5) is 23.0. The van der Waals surface area contributed by atoms with Crippen LogP contribution >= 0.6 is 0 Å². The number of para-hydroxylation sites is 2. The van der Waals surface area contributed by atoms with E-state index in [4.69, 9.17) is 19.9 Å². The van der Waals surface area contributed by atoms with Gasteiger partial charge in [-0.3, -0.25) is 9.59 Å². The minimum atomic E-state index is -0.579. The molecule has 2 rings (SSSR count). The van der Waals surface area contributed by atoms with Crippen molar-refractivity contribution in [3.63, 3.8) is 0 Å². The molecule has 0 unspecified atom stereocenters. The van der Waals surface area contributed by atoms with Gasteiger partial charge in [0, 0.05) is 6.08 Å². The normalized spacial score (nSPS) is 10.4. The lowest BCUT2D eigenvalue weighted by molar-refractivity contribution is -0.120. The second kappa shape index (κ2) is 9.86. The fraction of sp³-hybridized carbons (Fsp3) is 0.200. The highest BCUT2D eigenvalue weighted by molar-refractivity contribution is 6.02.